The van der Waals surface area contributed by atoms with Crippen molar-refractivity contribution in [2.45, 2.75) is 13.5 Å². The highest BCUT2D eigenvalue weighted by Gasteiger charge is 2.20. The van der Waals surface area contributed by atoms with Crippen LogP contribution in [0.15, 0.2) is 24.4 Å². The number of ketones is 1. The molecule has 7 nitrogen and oxygen atoms in total. The number of hydrogen-bond acceptors (Lipinski definition) is 6. The predicted octanol–water partition coefficient (Wildman–Crippen LogP) is 1.40. The Hall–Kier alpha value is -2.38. The van der Waals surface area contributed by atoms with Crippen molar-refractivity contribution in [2.24, 2.45) is 0 Å². The van der Waals surface area contributed by atoms with E-state index in [9.17, 15) is 9.59 Å². The molecule has 0 saturated carbocycles. The zero-order valence-electron chi connectivity index (χ0n) is 12.5. The molecule has 2 N–H and O–H groups in total. The normalized spacial score (nSPS) is 12.8. The molecule has 7 heteroatoms. The Balaban J connectivity index is 2.17. The number of benzene rings is 1. The summed E-state index contributed by atoms with van der Waals surface area (Å²) < 4.78 is 4.89. The Morgan fingerprint density at radius 2 is 2.23 bits per heavy atom. The summed E-state index contributed by atoms with van der Waals surface area (Å²) in [5.41, 5.74) is 1.55. The van der Waals surface area contributed by atoms with Crippen LogP contribution in [0.25, 0.3) is 0 Å². The molecule has 1 aromatic carbocycles. The van der Waals surface area contributed by atoms with Gasteiger partial charge in [0.1, 0.15) is 6.61 Å². The molecular weight excluding hydrogens is 288 g/mol. The number of nitrogens with one attached hydrogen (secondary N) is 2. The van der Waals surface area contributed by atoms with Crippen LogP contribution in [0.5, 0.6) is 5.75 Å². The van der Waals surface area contributed by atoms with Gasteiger partial charge in [-0.15, -0.1) is 0 Å². The molecular formula is C15H18N2O5. The molecule has 0 aliphatic carbocycles. The molecule has 0 radical (unpaired) electrons. The summed E-state index contributed by atoms with van der Waals surface area (Å²) in [4.78, 5) is 33.4. The second-order valence-electron chi connectivity index (χ2n) is 4.68. The lowest BCUT2D eigenvalue weighted by atomic mass is 10.0. The minimum absolute atomic E-state index is 0.254. The second-order valence-corrected chi connectivity index (χ2v) is 4.68. The van der Waals surface area contributed by atoms with Crippen LogP contribution in [0.4, 0.5) is 5.69 Å². The summed E-state index contributed by atoms with van der Waals surface area (Å²) >= 11 is 0. The molecule has 2 rings (SSSR count). The molecule has 0 saturated heterocycles. The first-order valence-corrected chi connectivity index (χ1v) is 6.79. The molecule has 0 bridgehead atoms. The van der Waals surface area contributed by atoms with Crippen LogP contribution in [-0.4, -0.2) is 32.0 Å². The van der Waals surface area contributed by atoms with Gasteiger partial charge in [-0.3, -0.25) is 9.59 Å². The Morgan fingerprint density at radius 3 is 2.95 bits per heavy atom. The zero-order chi connectivity index (χ0) is 15.9. The van der Waals surface area contributed by atoms with Crippen LogP contribution in [0.1, 0.15) is 22.8 Å². The number of fused-ring (bicyclic) bond motifs is 1. The number of carbonyl (C=O) groups excluding carboxylic acids is 2. The fraction of sp³-hybridized carbons (Fsp3) is 0.333. The van der Waals surface area contributed by atoms with Crippen LogP contribution in [0.3, 0.4) is 0 Å². The molecule has 118 valence electrons. The number of ether oxygens (including phenoxy) is 1. The van der Waals surface area contributed by atoms with Gasteiger partial charge in [-0.2, -0.15) is 4.89 Å². The van der Waals surface area contributed by atoms with Crippen LogP contribution >= 0.6 is 0 Å². The molecule has 1 aliphatic heterocycles. The van der Waals surface area contributed by atoms with Crippen LogP contribution in [0.2, 0.25) is 0 Å². The van der Waals surface area contributed by atoms with E-state index in [0.29, 0.717) is 30.2 Å². The highest BCUT2D eigenvalue weighted by atomic mass is 17.2. The third-order valence-corrected chi connectivity index (χ3v) is 2.94. The van der Waals surface area contributed by atoms with Crippen molar-refractivity contribution in [3.8, 4) is 5.75 Å². The van der Waals surface area contributed by atoms with Gasteiger partial charge >= 0.3 is 0 Å². The third kappa shape index (κ3) is 4.06. The molecule has 0 unspecified atom stereocenters. The van der Waals surface area contributed by atoms with Gasteiger partial charge in [0.2, 0.25) is 5.91 Å². The molecule has 1 heterocycles. The zero-order valence-corrected chi connectivity index (χ0v) is 12.5. The van der Waals surface area contributed by atoms with E-state index in [1.807, 2.05) is 0 Å². The highest BCUT2D eigenvalue weighted by molar-refractivity contribution is 6.10. The van der Waals surface area contributed by atoms with E-state index in [0.717, 1.165) is 5.56 Å². The molecule has 0 fully saturated rings. The molecule has 22 heavy (non-hydrogen) atoms. The Labute approximate surface area is 128 Å². The first kappa shape index (κ1) is 16.0. The van der Waals surface area contributed by atoms with Crippen molar-refractivity contribution in [1.29, 1.82) is 0 Å². The fourth-order valence-electron chi connectivity index (χ4n) is 1.94. The number of amides is 1. The predicted molar refractivity (Wildman–Crippen MR) is 79.5 cm³/mol. The summed E-state index contributed by atoms with van der Waals surface area (Å²) in [6, 6.07) is 3.25. The summed E-state index contributed by atoms with van der Waals surface area (Å²) in [6.45, 7) is 2.81. The molecule has 0 atom stereocenters. The number of hydrogen-bond donors (Lipinski definition) is 2. The van der Waals surface area contributed by atoms with Crippen molar-refractivity contribution >= 4 is 17.4 Å². The van der Waals surface area contributed by atoms with Gasteiger partial charge in [0.15, 0.2) is 11.5 Å². The molecule has 1 amide bonds. The number of allylic oxidation sites excluding steroid dienone is 1. The summed E-state index contributed by atoms with van der Waals surface area (Å²) in [7, 11) is 1.60. The highest BCUT2D eigenvalue weighted by Crippen LogP contribution is 2.32. The van der Waals surface area contributed by atoms with Gasteiger partial charge < -0.3 is 20.3 Å². The molecule has 1 aromatic rings. The van der Waals surface area contributed by atoms with E-state index in [2.05, 4.69) is 10.6 Å². The Morgan fingerprint density at radius 1 is 1.41 bits per heavy atom. The second kappa shape index (κ2) is 7.58. The van der Waals surface area contributed by atoms with Gasteiger partial charge in [0.05, 0.1) is 12.3 Å². The molecule has 1 aliphatic rings. The largest absolute Gasteiger partial charge is 0.388 e. The average Bonchev–Trinajstić information content (AvgIpc) is 2.92. The van der Waals surface area contributed by atoms with E-state index in [1.54, 1.807) is 25.4 Å². The quantitative estimate of drug-likeness (QED) is 0.343. The number of carbonyl (C=O) groups is 2. The van der Waals surface area contributed by atoms with Crippen molar-refractivity contribution in [1.82, 2.24) is 5.32 Å². The first-order valence-electron chi connectivity index (χ1n) is 6.79. The van der Waals surface area contributed by atoms with Crippen molar-refractivity contribution in [2.75, 3.05) is 25.6 Å². The van der Waals surface area contributed by atoms with Gasteiger partial charge in [-0.25, -0.2) is 0 Å². The van der Waals surface area contributed by atoms with Gasteiger partial charge in [0.25, 0.3) is 0 Å². The number of methoxy groups -OCH3 is 1. The van der Waals surface area contributed by atoms with E-state index in [1.165, 1.54) is 13.0 Å². The minimum Gasteiger partial charge on any atom is -0.388 e. The number of anilines is 1. The maximum absolute atomic E-state index is 12.3. The van der Waals surface area contributed by atoms with E-state index in [-0.39, 0.29) is 18.3 Å². The fourth-order valence-corrected chi connectivity index (χ4v) is 1.94. The SMILES string of the molecule is COCCN/C=C/C(=O)c1cc2c(cc1NC(C)=O)COO2. The van der Waals surface area contributed by atoms with E-state index < -0.39 is 0 Å². The maximum Gasteiger partial charge on any atom is 0.221 e. The van der Waals surface area contributed by atoms with Crippen molar-refractivity contribution in [3.63, 3.8) is 0 Å². The van der Waals surface area contributed by atoms with Crippen LogP contribution in [-0.2, 0) is 21.0 Å². The van der Waals surface area contributed by atoms with E-state index in [4.69, 9.17) is 14.5 Å². The van der Waals surface area contributed by atoms with Gasteiger partial charge in [0, 0.05) is 44.0 Å². The summed E-state index contributed by atoms with van der Waals surface area (Å²) in [5.74, 6) is -0.0267. The van der Waals surface area contributed by atoms with Crippen molar-refractivity contribution in [3.05, 3.63) is 35.5 Å². The maximum atomic E-state index is 12.3. The number of rotatable bonds is 7. The van der Waals surface area contributed by atoms with Crippen LogP contribution < -0.4 is 15.5 Å². The van der Waals surface area contributed by atoms with Gasteiger partial charge in [-0.1, -0.05) is 0 Å². The Kier molecular flexibility index (Phi) is 5.51. The third-order valence-electron chi connectivity index (χ3n) is 2.94. The topological polar surface area (TPSA) is 85.9 Å². The summed E-state index contributed by atoms with van der Waals surface area (Å²) in [6.07, 6.45) is 2.93. The lowest BCUT2D eigenvalue weighted by molar-refractivity contribution is -0.194. The minimum atomic E-state index is -0.257. The van der Waals surface area contributed by atoms with Gasteiger partial charge in [-0.05, 0) is 12.1 Å². The first-order chi connectivity index (χ1) is 10.6. The van der Waals surface area contributed by atoms with E-state index >= 15 is 0 Å². The Bertz CT molecular complexity index is 598. The van der Waals surface area contributed by atoms with Crippen LogP contribution in [0, 0.1) is 0 Å². The lowest BCUT2D eigenvalue weighted by Gasteiger charge is -2.09. The molecule has 0 spiro atoms. The molecule has 0 aromatic heterocycles. The smallest absolute Gasteiger partial charge is 0.221 e. The monoisotopic (exact) mass is 306 g/mol. The van der Waals surface area contributed by atoms with Crippen molar-refractivity contribution < 1.29 is 24.1 Å². The standard InChI is InChI=1S/C15H18N2O5/c1-10(18)17-13-7-11-9-21-22-15(11)8-12(13)14(19)3-4-16-5-6-20-2/h3-4,7-8,16H,5-6,9H2,1-2H3,(H,17,18)/b4-3+. The average molecular weight is 306 g/mol. The summed E-state index contributed by atoms with van der Waals surface area (Å²) in [5, 5.41) is 5.58. The lowest BCUT2D eigenvalue weighted by Crippen LogP contribution is -2.14.